The number of halogens is 3. The summed E-state index contributed by atoms with van der Waals surface area (Å²) in [6, 6.07) is 55.0. The van der Waals surface area contributed by atoms with E-state index in [1.54, 1.807) is 68.9 Å². The molecule has 14 heterocycles. The molecular weight excluding hydrogens is 2120 g/mol. The van der Waals surface area contributed by atoms with E-state index < -0.39 is 72.8 Å². The maximum Gasteiger partial charge on any atom is 0.269 e. The molecule has 3 aliphatic carbocycles. The van der Waals surface area contributed by atoms with Gasteiger partial charge in [0.05, 0.1) is 27.6 Å². The highest BCUT2D eigenvalue weighted by atomic mass is 79.9. The van der Waals surface area contributed by atoms with Gasteiger partial charge in [-0.25, -0.2) is 34.9 Å². The number of benzene rings is 3. The van der Waals surface area contributed by atoms with Crippen LogP contribution in [0.2, 0.25) is 154 Å². The molecule has 39 heteroatoms. The minimum atomic E-state index is -1.21. The number of nitrogens with zero attached hydrogens (tertiary/aromatic N) is 13. The van der Waals surface area contributed by atoms with Crippen LogP contribution in [0.15, 0.2) is 207 Å². The molecule has 0 bridgehead atoms. The number of aromatic nitrogens is 9. The number of nitrogens with two attached hydrogens (primary N) is 2. The Morgan fingerprint density at radius 2 is 0.770 bits per heavy atom. The summed E-state index contributed by atoms with van der Waals surface area (Å²) < 4.78 is 35.0. The van der Waals surface area contributed by atoms with Crippen molar-refractivity contribution in [2.75, 3.05) is 109 Å². The normalized spacial score (nSPS) is 17.7. The standard InChI is InChI=1S/C21H25N3O4Si.C21H27N3O2Si.C15H13N3O.C13H18Br2N2O2Si.C13H20N2O2Si.C13H20N2OSi.C7H6N2.C6H15ClOSi/c1-29(2,3)10-9-28-14-23-19-18(5-4-8-22-19)21(20(23)25)12-15-6-7-17(24(26)27)11-16(15)13-21;1-27(2,3)10-9-26-14-24-19-18(5-4-8-23-19)21(20(24)25)12-15-6-7-17(22)11-16(15)13-21;16-11-4-3-9-7-15(8-10(9)6-11)12-2-1-5-17-13(12)18-14(15)19;1-20(2,3)8-7-19-9-17-11-10(5-4-6-16-11)13(14,15)12(17)18;1-18(2,3)8-7-17-10-15-12(16)9-11-5-4-6-14-13(11)15;1-17(2,3)10-9-16-11-15-8-6-12-5-4-7-14-13(12)15;1-2-6-3-5-9-7(6)8-4-1;1-9(2,3)5-4-8-6-7/h4-8,11H,9-10,12-14H2,1-3H3;4-8,11H,9-10,12-14,22H2,1-3H3;1-6H,7-8,16H2,(H,17,18,19);4-6H,7-9H2,1-3H3;4-6H,7-10H2,1-3H3;4-8H,9-11H2,1-3H3;1-5H,(H,8,9);4-6H2,1-3H3. The molecular formula is C109H144Br2ClN17O13Si6. The summed E-state index contributed by atoms with van der Waals surface area (Å²) in [5.74, 6) is 3.61. The fourth-order valence-electron chi connectivity index (χ4n) is 18.4. The Bertz CT molecular complexity index is 6640. The second-order valence-electron chi connectivity index (χ2n) is 46.0. The number of pyridine rings is 7. The summed E-state index contributed by atoms with van der Waals surface area (Å²) >= 11 is 12.2. The number of fused-ring (bicyclic) bond motifs is 13. The summed E-state index contributed by atoms with van der Waals surface area (Å²) in [7, 11) is -6.41. The highest BCUT2D eigenvalue weighted by Gasteiger charge is 2.57. The van der Waals surface area contributed by atoms with E-state index in [9.17, 15) is 34.1 Å². The minimum absolute atomic E-state index is 0.0296. The van der Waals surface area contributed by atoms with Crippen LogP contribution >= 0.6 is 43.5 Å². The zero-order valence-corrected chi connectivity index (χ0v) is 98.6. The topological polar surface area (TPSA) is 372 Å². The highest BCUT2D eigenvalue weighted by Crippen LogP contribution is 2.54. The van der Waals surface area contributed by atoms with E-state index in [4.69, 9.17) is 51.5 Å². The Labute approximate surface area is 897 Å². The lowest BCUT2D eigenvalue weighted by molar-refractivity contribution is -0.384. The number of carbonyl (C=O) groups excluding carboxylic acids is 5. The number of rotatable bonds is 30. The van der Waals surface area contributed by atoms with Gasteiger partial charge in [-0.15, -0.1) is 0 Å². The minimum Gasteiger partial charge on any atom is -0.399 e. The van der Waals surface area contributed by atoms with E-state index in [0.29, 0.717) is 95.3 Å². The fourth-order valence-corrected chi connectivity index (χ4v) is 24.1. The van der Waals surface area contributed by atoms with Crippen LogP contribution in [0.1, 0.15) is 61.2 Å². The van der Waals surface area contributed by atoms with Crippen molar-refractivity contribution in [1.29, 1.82) is 0 Å². The van der Waals surface area contributed by atoms with E-state index >= 15 is 0 Å². The maximum absolute atomic E-state index is 13.5. The molecule has 5 amide bonds. The van der Waals surface area contributed by atoms with Crippen molar-refractivity contribution in [3.63, 3.8) is 0 Å². The second-order valence-corrected chi connectivity index (χ2v) is 83.4. The molecule has 3 atom stereocenters. The number of nitrogen functional groups attached to an aromatic ring is 2. The molecule has 8 aliphatic rings. The van der Waals surface area contributed by atoms with Crippen LogP contribution in [0.5, 0.6) is 0 Å². The largest absolute Gasteiger partial charge is 0.399 e. The van der Waals surface area contributed by atoms with Crippen LogP contribution < -0.4 is 36.4 Å². The van der Waals surface area contributed by atoms with E-state index in [0.717, 1.165) is 129 Å². The number of nitro benzene ring substituents is 1. The number of nitro groups is 1. The molecule has 0 saturated heterocycles. The quantitative estimate of drug-likeness (QED) is 0.00811. The third-order valence-electron chi connectivity index (χ3n) is 26.9. The van der Waals surface area contributed by atoms with Crippen molar-refractivity contribution in [1.82, 2.24) is 44.4 Å². The van der Waals surface area contributed by atoms with Gasteiger partial charge in [0.25, 0.3) is 11.6 Å². The highest BCUT2D eigenvalue weighted by molar-refractivity contribution is 9.25. The van der Waals surface area contributed by atoms with E-state index in [1.807, 2.05) is 134 Å². The van der Waals surface area contributed by atoms with Crippen molar-refractivity contribution < 1.29 is 57.3 Å². The number of amides is 5. The van der Waals surface area contributed by atoms with Gasteiger partial charge in [-0.3, -0.25) is 53.7 Å². The van der Waals surface area contributed by atoms with Crippen molar-refractivity contribution in [3.05, 3.63) is 279 Å². The summed E-state index contributed by atoms with van der Waals surface area (Å²) in [6.45, 7) is 47.8. The third-order valence-corrected chi connectivity index (χ3v) is 38.8. The number of H-pyrrole nitrogens is 1. The van der Waals surface area contributed by atoms with E-state index in [1.165, 1.54) is 45.8 Å². The number of aromatic amines is 1. The van der Waals surface area contributed by atoms with Gasteiger partial charge in [0.15, 0.2) is 3.23 Å². The fraction of sp³-hybridized carbons (Fsp3) is 0.431. The van der Waals surface area contributed by atoms with Crippen LogP contribution in [0.3, 0.4) is 0 Å². The zero-order valence-electron chi connectivity index (χ0n) is 88.7. The lowest BCUT2D eigenvalue weighted by Crippen LogP contribution is -2.42. The molecule has 788 valence electrons. The molecule has 148 heavy (non-hydrogen) atoms. The van der Waals surface area contributed by atoms with Crippen molar-refractivity contribution >= 4 is 190 Å². The van der Waals surface area contributed by atoms with Gasteiger partial charge in [-0.2, -0.15) is 0 Å². The Balaban J connectivity index is 0.000000145. The molecule has 3 spiro atoms. The van der Waals surface area contributed by atoms with E-state index in [-0.39, 0.29) is 55.4 Å². The molecule has 20 rings (SSSR count). The number of hydrogen-bond donors (Lipinski definition) is 4. The van der Waals surface area contributed by atoms with Crippen LogP contribution in [0.25, 0.3) is 22.1 Å². The SMILES string of the molecule is C[Si](C)(C)CCOCCl.C[Si](C)(C)CCOCN1C(=O)C(Br)(Br)c2cccnc21.C[Si](C)(C)CCOCN1C(=O)C2(Cc3ccc(N)cc3C2)c2cccnc21.C[Si](C)(C)CCOCN1C(=O)C2(Cc3ccc([N+](=O)[O-])cc3C2)c2cccnc21.C[Si](C)(C)CCOCN1C(=O)Cc2cccnc21.C[Si](C)(C)CCOCn1ccc2cccnc21.Nc1ccc2c(c1)CC1(C2)C(=O)Nc2ncccc21.c1cnc2[nH]ccc2c1. The van der Waals surface area contributed by atoms with Gasteiger partial charge < -0.3 is 54.8 Å². The number of hydrogen-bond acceptors (Lipinski definition) is 22. The lowest BCUT2D eigenvalue weighted by atomic mass is 9.79. The molecule has 0 saturated carbocycles. The number of anilines is 7. The molecule has 3 unspecified atom stereocenters. The Morgan fingerprint density at radius 1 is 0.392 bits per heavy atom. The molecule has 30 nitrogen and oxygen atoms in total. The number of nitrogens with one attached hydrogen (secondary N) is 2. The number of alkyl halides is 3. The average molecular weight is 2260 g/mol. The molecule has 0 radical (unpaired) electrons. The summed E-state index contributed by atoms with van der Waals surface area (Å²) in [5, 5.41) is 16.4. The molecule has 9 aromatic heterocycles. The molecule has 6 N–H and O–H groups in total. The van der Waals surface area contributed by atoms with Gasteiger partial charge in [-0.1, -0.05) is 210 Å². The van der Waals surface area contributed by atoms with Gasteiger partial charge in [0.2, 0.25) is 23.6 Å². The molecule has 0 fully saturated rings. The molecule has 5 aliphatic heterocycles. The second kappa shape index (κ2) is 49.3. The summed E-state index contributed by atoms with van der Waals surface area (Å²) in [5.41, 5.74) is 24.8. The van der Waals surface area contributed by atoms with Crippen LogP contribution in [0, 0.1) is 10.1 Å². The van der Waals surface area contributed by atoms with Crippen molar-refractivity contribution in [2.24, 2.45) is 0 Å². The summed E-state index contributed by atoms with van der Waals surface area (Å²) in [4.78, 5) is 114. The van der Waals surface area contributed by atoms with Gasteiger partial charge in [0.1, 0.15) is 80.1 Å². The molecule has 12 aromatic rings. The first kappa shape index (κ1) is 115. The summed E-state index contributed by atoms with van der Waals surface area (Å²) in [6.07, 6.45) is 20.3. The first-order chi connectivity index (χ1) is 70.0. The average Bonchev–Trinajstić information content (AvgIpc) is 1.54. The maximum atomic E-state index is 13.5. The smallest absolute Gasteiger partial charge is 0.269 e. The first-order valence-electron chi connectivity index (χ1n) is 50.5. The Morgan fingerprint density at radius 3 is 1.25 bits per heavy atom. The monoisotopic (exact) mass is 2260 g/mol. The van der Waals surface area contributed by atoms with Gasteiger partial charge >= 0.3 is 0 Å². The predicted molar refractivity (Wildman–Crippen MR) is 616 cm³/mol. The van der Waals surface area contributed by atoms with Gasteiger partial charge in [0, 0.05) is 206 Å². The van der Waals surface area contributed by atoms with Crippen LogP contribution in [0.4, 0.5) is 46.2 Å². The van der Waals surface area contributed by atoms with Crippen LogP contribution in [-0.4, -0.2) is 200 Å². The van der Waals surface area contributed by atoms with Crippen molar-refractivity contribution in [3.8, 4) is 0 Å². The Hall–Kier alpha value is -10.5. The molecule has 3 aromatic carbocycles. The van der Waals surface area contributed by atoms with Gasteiger partial charge in [-0.05, 0) is 199 Å². The van der Waals surface area contributed by atoms with Crippen LogP contribution in [-0.2, 0) is 124 Å². The lowest BCUT2D eigenvalue weighted by Gasteiger charge is -2.23. The van der Waals surface area contributed by atoms with E-state index in [2.05, 4.69) is 218 Å². The number of carbonyl (C=O) groups is 5. The number of non-ortho nitro benzene ring substituents is 1. The third kappa shape index (κ3) is 29.4. The number of ether oxygens (including phenoxy) is 6. The first-order valence-corrected chi connectivity index (χ1v) is 74.9. The Kier molecular flexibility index (Phi) is 38.1. The van der Waals surface area contributed by atoms with Crippen molar-refractivity contribution in [2.45, 2.75) is 225 Å². The zero-order chi connectivity index (χ0) is 107. The predicted octanol–water partition coefficient (Wildman–Crippen LogP) is 22.1.